The minimum atomic E-state index is -4.26. The summed E-state index contributed by atoms with van der Waals surface area (Å²) in [5.74, 6) is 0.317. The van der Waals surface area contributed by atoms with Crippen molar-refractivity contribution in [2.24, 2.45) is 0 Å². The van der Waals surface area contributed by atoms with Crippen molar-refractivity contribution in [3.63, 3.8) is 0 Å². The largest absolute Gasteiger partial charge is 0.403 e. The van der Waals surface area contributed by atoms with E-state index in [0.29, 0.717) is 61.9 Å². The second-order valence-electron chi connectivity index (χ2n) is 8.12. The zero-order valence-corrected chi connectivity index (χ0v) is 17.9. The molecule has 2 fully saturated rings. The van der Waals surface area contributed by atoms with Gasteiger partial charge in [0.15, 0.2) is 0 Å². The van der Waals surface area contributed by atoms with Crippen LogP contribution in [-0.4, -0.2) is 64.1 Å². The predicted molar refractivity (Wildman–Crippen MR) is 109 cm³/mol. The van der Waals surface area contributed by atoms with Gasteiger partial charge in [0, 0.05) is 25.2 Å². The summed E-state index contributed by atoms with van der Waals surface area (Å²) in [6.45, 7) is 3.12. The van der Waals surface area contributed by atoms with E-state index in [1.54, 1.807) is 10.7 Å². The van der Waals surface area contributed by atoms with Crippen LogP contribution in [0.3, 0.4) is 0 Å². The summed E-state index contributed by atoms with van der Waals surface area (Å²) >= 11 is 6.45. The number of nitrogens with one attached hydrogen (secondary N) is 1. The van der Waals surface area contributed by atoms with Crippen molar-refractivity contribution < 1.29 is 17.9 Å². The Hall–Kier alpha value is -2.09. The Bertz CT molecular complexity index is 974. The highest BCUT2D eigenvalue weighted by molar-refractivity contribution is 6.35. The molecule has 7 nitrogen and oxygen atoms in total. The number of fused-ring (bicyclic) bond motifs is 1. The predicted octanol–water partition coefficient (Wildman–Crippen LogP) is 3.98. The summed E-state index contributed by atoms with van der Waals surface area (Å²) in [4.78, 5) is 5.78. The maximum Gasteiger partial charge on any atom is 0.403 e. The van der Waals surface area contributed by atoms with E-state index in [9.17, 15) is 18.4 Å². The van der Waals surface area contributed by atoms with Gasteiger partial charge in [-0.05, 0) is 45.7 Å². The molecule has 1 N–H and O–H groups in total. The Kier molecular flexibility index (Phi) is 6.28. The molecule has 0 bridgehead atoms. The highest BCUT2D eigenvalue weighted by atomic mass is 35.5. The van der Waals surface area contributed by atoms with Gasteiger partial charge in [0.25, 0.3) is 0 Å². The molecule has 2 aromatic rings. The topological polar surface area (TPSA) is 78.5 Å². The van der Waals surface area contributed by atoms with Crippen molar-refractivity contribution in [2.75, 3.05) is 31.6 Å². The highest BCUT2D eigenvalue weighted by Gasteiger charge is 2.41. The van der Waals surface area contributed by atoms with Crippen molar-refractivity contribution >= 4 is 23.1 Å². The zero-order chi connectivity index (χ0) is 22.2. The first-order valence-corrected chi connectivity index (χ1v) is 10.8. The minimum absolute atomic E-state index is 0.114. The fourth-order valence-electron chi connectivity index (χ4n) is 4.37. The quantitative estimate of drug-likeness (QED) is 0.749. The summed E-state index contributed by atoms with van der Waals surface area (Å²) in [5.41, 5.74) is 1.50. The molecule has 0 spiro atoms. The summed E-state index contributed by atoms with van der Waals surface area (Å²) < 4.78 is 46.3. The molecule has 0 aliphatic carbocycles. The van der Waals surface area contributed by atoms with Crippen LogP contribution in [-0.2, 0) is 4.74 Å². The fraction of sp³-hybridized carbons (Fsp3) is 0.650. The second-order valence-corrected chi connectivity index (χ2v) is 8.50. The number of hydrogen-bond donors (Lipinski definition) is 1. The molecule has 2 aliphatic rings. The lowest BCUT2D eigenvalue weighted by Gasteiger charge is -2.36. The lowest BCUT2D eigenvalue weighted by Crippen LogP contribution is -2.47. The number of aromatic nitrogens is 3. The molecule has 4 rings (SSSR count). The molecular weight excluding hydrogens is 433 g/mol. The van der Waals surface area contributed by atoms with Gasteiger partial charge < -0.3 is 10.1 Å². The second kappa shape index (κ2) is 8.81. The Balaban J connectivity index is 1.60. The molecule has 1 atom stereocenters. The molecule has 11 heteroatoms. The molecule has 0 radical (unpaired) electrons. The highest BCUT2D eigenvalue weighted by Crippen LogP contribution is 2.38. The van der Waals surface area contributed by atoms with Crippen LogP contribution in [0.15, 0.2) is 6.20 Å². The van der Waals surface area contributed by atoms with Crippen molar-refractivity contribution in [3.05, 3.63) is 22.5 Å². The number of alkyl halides is 3. The number of likely N-dealkylation sites (tertiary alicyclic amines) is 1. The first-order chi connectivity index (χ1) is 14.8. The first-order valence-electron chi connectivity index (χ1n) is 10.4. The maximum absolute atomic E-state index is 13.1. The average Bonchev–Trinajstić information content (AvgIpc) is 3.04. The van der Waals surface area contributed by atoms with E-state index in [1.807, 2.05) is 0 Å². The van der Waals surface area contributed by atoms with Gasteiger partial charge in [-0.1, -0.05) is 11.6 Å². The van der Waals surface area contributed by atoms with Crippen LogP contribution in [0, 0.1) is 11.3 Å². The molecule has 0 saturated carbocycles. The van der Waals surface area contributed by atoms with E-state index < -0.39 is 12.2 Å². The summed E-state index contributed by atoms with van der Waals surface area (Å²) in [6, 6.07) is 0.864. The van der Waals surface area contributed by atoms with E-state index in [1.165, 1.54) is 11.8 Å². The maximum atomic E-state index is 13.1. The lowest BCUT2D eigenvalue weighted by atomic mass is 9.91. The van der Waals surface area contributed by atoms with E-state index in [4.69, 9.17) is 16.3 Å². The van der Waals surface area contributed by atoms with Gasteiger partial charge in [-0.15, -0.1) is 5.10 Å². The SMILES string of the molecule is CC(N1CCC(c2c(C#N)c(Cl)c3cnc(NC4CCOCC4)nn23)CC1)C(F)(F)F. The Morgan fingerprint density at radius 2 is 1.94 bits per heavy atom. The Morgan fingerprint density at radius 1 is 1.26 bits per heavy atom. The van der Waals surface area contributed by atoms with Gasteiger partial charge in [-0.2, -0.15) is 18.4 Å². The third-order valence-corrected chi connectivity index (χ3v) is 6.65. The summed E-state index contributed by atoms with van der Waals surface area (Å²) in [6.07, 6.45) is 0.00433. The van der Waals surface area contributed by atoms with Crippen LogP contribution in [0.1, 0.15) is 49.8 Å². The molecular formula is C20H24ClF3N6O. The van der Waals surface area contributed by atoms with Gasteiger partial charge in [-0.3, -0.25) is 4.90 Å². The van der Waals surface area contributed by atoms with E-state index in [0.717, 1.165) is 12.8 Å². The number of nitrogens with zero attached hydrogens (tertiary/aromatic N) is 5. The van der Waals surface area contributed by atoms with Crippen molar-refractivity contribution in [1.29, 1.82) is 5.26 Å². The number of nitriles is 1. The Labute approximate surface area is 183 Å². The van der Waals surface area contributed by atoms with Gasteiger partial charge in [0.1, 0.15) is 17.6 Å². The Morgan fingerprint density at radius 3 is 2.55 bits per heavy atom. The van der Waals surface area contributed by atoms with Crippen LogP contribution in [0.4, 0.5) is 19.1 Å². The first kappa shape index (κ1) is 22.1. The summed E-state index contributed by atoms with van der Waals surface area (Å²) in [5, 5.41) is 17.9. The standard InChI is InChI=1S/C20H24ClF3N6O/c1-12(20(22,23)24)29-6-2-13(3-7-29)18-15(10-25)17(21)16-11-26-19(28-30(16)18)27-14-4-8-31-9-5-14/h11-14H,2-9H2,1H3,(H,27,28). The van der Waals surface area contributed by atoms with E-state index >= 15 is 0 Å². The molecule has 2 aromatic heterocycles. The van der Waals surface area contributed by atoms with Gasteiger partial charge >= 0.3 is 6.18 Å². The van der Waals surface area contributed by atoms with Crippen molar-refractivity contribution in [1.82, 2.24) is 19.5 Å². The van der Waals surface area contributed by atoms with Gasteiger partial charge in [0.2, 0.25) is 5.95 Å². The molecule has 0 amide bonds. The van der Waals surface area contributed by atoms with Gasteiger partial charge in [-0.25, -0.2) is 9.50 Å². The van der Waals surface area contributed by atoms with Crippen LogP contribution in [0.25, 0.3) is 5.52 Å². The molecule has 1 unspecified atom stereocenters. The summed E-state index contributed by atoms with van der Waals surface area (Å²) in [7, 11) is 0. The van der Waals surface area contributed by atoms with Crippen LogP contribution in [0.2, 0.25) is 5.02 Å². The monoisotopic (exact) mass is 456 g/mol. The molecule has 168 valence electrons. The molecule has 0 aromatic carbocycles. The number of rotatable bonds is 4. The van der Waals surface area contributed by atoms with E-state index in [2.05, 4.69) is 21.5 Å². The number of halogens is 4. The van der Waals surface area contributed by atoms with Crippen molar-refractivity contribution in [2.45, 2.75) is 56.8 Å². The molecule has 2 aliphatic heterocycles. The third kappa shape index (κ3) is 4.45. The fourth-order valence-corrected chi connectivity index (χ4v) is 4.64. The van der Waals surface area contributed by atoms with Crippen LogP contribution >= 0.6 is 11.6 Å². The number of hydrogen-bond acceptors (Lipinski definition) is 6. The average molecular weight is 457 g/mol. The zero-order valence-electron chi connectivity index (χ0n) is 17.1. The van der Waals surface area contributed by atoms with Crippen molar-refractivity contribution in [3.8, 4) is 6.07 Å². The number of anilines is 1. The number of piperidine rings is 1. The normalized spacial score (nSPS) is 20.6. The van der Waals surface area contributed by atoms with Crippen LogP contribution < -0.4 is 5.32 Å². The van der Waals surface area contributed by atoms with Crippen LogP contribution in [0.5, 0.6) is 0 Å². The van der Waals surface area contributed by atoms with Gasteiger partial charge in [0.05, 0.1) is 22.5 Å². The minimum Gasteiger partial charge on any atom is -0.381 e. The molecule has 4 heterocycles. The molecule has 2 saturated heterocycles. The smallest absolute Gasteiger partial charge is 0.381 e. The van der Waals surface area contributed by atoms with E-state index in [-0.39, 0.29) is 17.0 Å². The third-order valence-electron chi connectivity index (χ3n) is 6.26. The molecule has 31 heavy (non-hydrogen) atoms. The lowest BCUT2D eigenvalue weighted by molar-refractivity contribution is -0.181. The number of ether oxygens (including phenoxy) is 1.